The molecule has 0 aliphatic carbocycles. The first-order chi connectivity index (χ1) is 7.68. The molecule has 0 radical (unpaired) electrons. The van der Waals surface area contributed by atoms with Crippen LogP contribution in [-0.4, -0.2) is 9.78 Å². The van der Waals surface area contributed by atoms with Gasteiger partial charge in [-0.15, -0.1) is 5.11 Å². The van der Waals surface area contributed by atoms with Gasteiger partial charge in [0.15, 0.2) is 0 Å². The molecule has 0 N–H and O–H groups in total. The summed E-state index contributed by atoms with van der Waals surface area (Å²) in [5.74, 6) is 0. The van der Waals surface area contributed by atoms with E-state index in [2.05, 4.69) is 15.3 Å². The molecular formula is C12H14N4. The van der Waals surface area contributed by atoms with Crippen LogP contribution in [0.1, 0.15) is 11.4 Å². The fourth-order valence-corrected chi connectivity index (χ4v) is 1.51. The number of hydrogen-bond donors (Lipinski definition) is 0. The van der Waals surface area contributed by atoms with Crippen molar-refractivity contribution in [3.8, 4) is 0 Å². The maximum absolute atomic E-state index is 4.29. The Kier molecular flexibility index (Phi) is 2.81. The van der Waals surface area contributed by atoms with E-state index in [1.54, 1.807) is 0 Å². The van der Waals surface area contributed by atoms with Crippen molar-refractivity contribution in [1.29, 1.82) is 0 Å². The predicted octanol–water partition coefficient (Wildman–Crippen LogP) is 3.45. The maximum Gasteiger partial charge on any atom is 0.129 e. The predicted molar refractivity (Wildman–Crippen MR) is 63.3 cm³/mol. The summed E-state index contributed by atoms with van der Waals surface area (Å²) in [6.07, 6.45) is 0. The zero-order valence-corrected chi connectivity index (χ0v) is 9.68. The number of rotatable bonds is 2. The molecule has 0 aliphatic rings. The Balaban J connectivity index is 2.31. The quantitative estimate of drug-likeness (QED) is 0.706. The van der Waals surface area contributed by atoms with Crippen molar-refractivity contribution in [2.45, 2.75) is 13.8 Å². The molecule has 1 heterocycles. The van der Waals surface area contributed by atoms with Crippen LogP contribution in [0.2, 0.25) is 0 Å². The fraction of sp³-hybridized carbons (Fsp3) is 0.250. The van der Waals surface area contributed by atoms with E-state index in [0.29, 0.717) is 0 Å². The summed E-state index contributed by atoms with van der Waals surface area (Å²) < 4.78 is 1.81. The van der Waals surface area contributed by atoms with Gasteiger partial charge < -0.3 is 0 Å². The average molecular weight is 214 g/mol. The molecule has 0 saturated carbocycles. The van der Waals surface area contributed by atoms with Gasteiger partial charge in [-0.2, -0.15) is 10.2 Å². The second kappa shape index (κ2) is 4.26. The van der Waals surface area contributed by atoms with Crippen LogP contribution in [0.3, 0.4) is 0 Å². The lowest BCUT2D eigenvalue weighted by Gasteiger charge is -1.93. The topological polar surface area (TPSA) is 42.5 Å². The van der Waals surface area contributed by atoms with Crippen LogP contribution in [0.25, 0.3) is 0 Å². The summed E-state index contributed by atoms with van der Waals surface area (Å²) >= 11 is 0. The minimum atomic E-state index is 0.852. The molecule has 2 rings (SSSR count). The van der Waals surface area contributed by atoms with Crippen LogP contribution in [-0.2, 0) is 7.05 Å². The van der Waals surface area contributed by atoms with Crippen molar-refractivity contribution >= 4 is 11.4 Å². The summed E-state index contributed by atoms with van der Waals surface area (Å²) in [4.78, 5) is 0. The Morgan fingerprint density at radius 2 is 1.75 bits per heavy atom. The minimum absolute atomic E-state index is 0.852. The third-order valence-electron chi connectivity index (χ3n) is 2.49. The molecule has 16 heavy (non-hydrogen) atoms. The highest BCUT2D eigenvalue weighted by molar-refractivity contribution is 5.46. The summed E-state index contributed by atoms with van der Waals surface area (Å²) in [6, 6.07) is 9.68. The minimum Gasteiger partial charge on any atom is -0.270 e. The largest absolute Gasteiger partial charge is 0.270 e. The molecular weight excluding hydrogens is 200 g/mol. The molecule has 0 saturated heterocycles. The SMILES string of the molecule is Cc1nn(C)c(C)c1/N=N/c1ccccc1. The lowest BCUT2D eigenvalue weighted by atomic mass is 10.3. The molecule has 1 aromatic heterocycles. The van der Waals surface area contributed by atoms with Crippen molar-refractivity contribution < 1.29 is 0 Å². The molecule has 4 heteroatoms. The molecule has 0 fully saturated rings. The third kappa shape index (κ3) is 2.00. The van der Waals surface area contributed by atoms with Gasteiger partial charge in [0, 0.05) is 7.05 Å². The molecule has 1 aromatic carbocycles. The lowest BCUT2D eigenvalue weighted by molar-refractivity contribution is 0.731. The van der Waals surface area contributed by atoms with Crippen molar-refractivity contribution in [1.82, 2.24) is 9.78 Å². The van der Waals surface area contributed by atoms with E-state index in [4.69, 9.17) is 0 Å². The number of benzene rings is 1. The molecule has 0 bridgehead atoms. The van der Waals surface area contributed by atoms with Crippen LogP contribution in [0, 0.1) is 13.8 Å². The average Bonchev–Trinajstić information content (AvgIpc) is 2.53. The first-order valence-electron chi connectivity index (χ1n) is 5.15. The smallest absolute Gasteiger partial charge is 0.129 e. The van der Waals surface area contributed by atoms with Gasteiger partial charge in [-0.25, -0.2) is 0 Å². The van der Waals surface area contributed by atoms with Crippen molar-refractivity contribution in [3.05, 3.63) is 41.7 Å². The van der Waals surface area contributed by atoms with Gasteiger partial charge in [-0.3, -0.25) is 4.68 Å². The highest BCUT2D eigenvalue weighted by Crippen LogP contribution is 2.24. The van der Waals surface area contributed by atoms with Crippen LogP contribution in [0.4, 0.5) is 11.4 Å². The van der Waals surface area contributed by atoms with E-state index in [0.717, 1.165) is 22.8 Å². The summed E-state index contributed by atoms with van der Waals surface area (Å²) in [6.45, 7) is 3.92. The Morgan fingerprint density at radius 1 is 1.06 bits per heavy atom. The summed E-state index contributed by atoms with van der Waals surface area (Å²) in [5, 5.41) is 12.7. The van der Waals surface area contributed by atoms with Gasteiger partial charge >= 0.3 is 0 Å². The van der Waals surface area contributed by atoms with Crippen LogP contribution in [0.15, 0.2) is 40.6 Å². The molecule has 0 aliphatic heterocycles. The van der Waals surface area contributed by atoms with Crippen molar-refractivity contribution in [2.75, 3.05) is 0 Å². The molecule has 0 atom stereocenters. The summed E-state index contributed by atoms with van der Waals surface area (Å²) in [7, 11) is 1.91. The van der Waals surface area contributed by atoms with Gasteiger partial charge in [0.25, 0.3) is 0 Å². The van der Waals surface area contributed by atoms with E-state index in [1.807, 2.05) is 55.9 Å². The highest BCUT2D eigenvalue weighted by atomic mass is 15.3. The normalized spacial score (nSPS) is 11.2. The van der Waals surface area contributed by atoms with Crippen LogP contribution in [0.5, 0.6) is 0 Å². The number of hydrogen-bond acceptors (Lipinski definition) is 3. The van der Waals surface area contributed by atoms with Crippen LogP contribution >= 0.6 is 0 Å². The van der Waals surface area contributed by atoms with Gasteiger partial charge in [0.2, 0.25) is 0 Å². The molecule has 0 spiro atoms. The van der Waals surface area contributed by atoms with E-state index < -0.39 is 0 Å². The first kappa shape index (κ1) is 10.5. The number of aromatic nitrogens is 2. The molecule has 0 unspecified atom stereocenters. The molecule has 4 nitrogen and oxygen atoms in total. The van der Waals surface area contributed by atoms with E-state index >= 15 is 0 Å². The zero-order valence-electron chi connectivity index (χ0n) is 9.68. The van der Waals surface area contributed by atoms with E-state index in [-0.39, 0.29) is 0 Å². The van der Waals surface area contributed by atoms with Crippen molar-refractivity contribution in [3.63, 3.8) is 0 Å². The fourth-order valence-electron chi connectivity index (χ4n) is 1.51. The van der Waals surface area contributed by atoms with Gasteiger partial charge in [-0.05, 0) is 26.0 Å². The Bertz CT molecular complexity index is 511. The monoisotopic (exact) mass is 214 g/mol. The number of azo groups is 1. The van der Waals surface area contributed by atoms with Gasteiger partial charge in [0.1, 0.15) is 5.69 Å². The summed E-state index contributed by atoms with van der Waals surface area (Å²) in [5.41, 5.74) is 3.63. The molecule has 0 amide bonds. The van der Waals surface area contributed by atoms with E-state index in [9.17, 15) is 0 Å². The highest BCUT2D eigenvalue weighted by Gasteiger charge is 2.07. The Morgan fingerprint density at radius 3 is 2.31 bits per heavy atom. The Hall–Kier alpha value is -1.97. The second-order valence-electron chi connectivity index (χ2n) is 3.68. The second-order valence-corrected chi connectivity index (χ2v) is 3.68. The lowest BCUT2D eigenvalue weighted by Crippen LogP contribution is -1.91. The van der Waals surface area contributed by atoms with Crippen molar-refractivity contribution in [2.24, 2.45) is 17.3 Å². The molecule has 2 aromatic rings. The Labute approximate surface area is 94.6 Å². The van der Waals surface area contributed by atoms with Gasteiger partial charge in [0.05, 0.1) is 17.1 Å². The zero-order chi connectivity index (χ0) is 11.5. The standard InChI is InChI=1S/C12H14N4/c1-9-12(10(2)16(3)15-9)14-13-11-7-5-4-6-8-11/h4-8H,1-3H3/b14-13+. The number of aryl methyl sites for hydroxylation is 2. The van der Waals surface area contributed by atoms with E-state index in [1.165, 1.54) is 0 Å². The maximum atomic E-state index is 4.29. The number of nitrogens with zero attached hydrogens (tertiary/aromatic N) is 4. The first-order valence-corrected chi connectivity index (χ1v) is 5.15. The van der Waals surface area contributed by atoms with Crippen LogP contribution < -0.4 is 0 Å². The third-order valence-corrected chi connectivity index (χ3v) is 2.49. The van der Waals surface area contributed by atoms with Gasteiger partial charge in [-0.1, -0.05) is 18.2 Å². The molecule has 82 valence electrons.